The number of hydrogen-bond donors (Lipinski definition) is 3. The Hall–Kier alpha value is -4.17. The van der Waals surface area contributed by atoms with Gasteiger partial charge >= 0.3 is 5.97 Å². The van der Waals surface area contributed by atoms with Crippen LogP contribution in [0.4, 0.5) is 0 Å². The summed E-state index contributed by atoms with van der Waals surface area (Å²) in [7, 11) is 0. The highest BCUT2D eigenvalue weighted by molar-refractivity contribution is 6.29. The number of H-pyrrole nitrogens is 1. The van der Waals surface area contributed by atoms with E-state index in [4.69, 9.17) is 11.6 Å². The van der Waals surface area contributed by atoms with Gasteiger partial charge in [-0.2, -0.15) is 0 Å². The Kier molecular flexibility index (Phi) is 6.37. The van der Waals surface area contributed by atoms with Crippen molar-refractivity contribution < 1.29 is 14.7 Å². The van der Waals surface area contributed by atoms with E-state index in [2.05, 4.69) is 15.4 Å². The van der Waals surface area contributed by atoms with E-state index in [0.29, 0.717) is 11.3 Å². The lowest BCUT2D eigenvalue weighted by Crippen LogP contribution is -2.30. The van der Waals surface area contributed by atoms with Crippen molar-refractivity contribution in [1.29, 1.82) is 0 Å². The molecule has 2 aromatic carbocycles. The minimum Gasteiger partial charge on any atom is -0.481 e. The monoisotopic (exact) mass is 462 g/mol. The fourth-order valence-corrected chi connectivity index (χ4v) is 3.60. The van der Waals surface area contributed by atoms with E-state index in [-0.39, 0.29) is 17.3 Å². The van der Waals surface area contributed by atoms with Gasteiger partial charge in [0.1, 0.15) is 10.8 Å². The Labute approximate surface area is 193 Å². The van der Waals surface area contributed by atoms with Crippen LogP contribution < -0.4 is 10.9 Å². The van der Waals surface area contributed by atoms with Gasteiger partial charge in [0.2, 0.25) is 0 Å². The normalized spacial score (nSPS) is 11.7. The van der Waals surface area contributed by atoms with Crippen molar-refractivity contribution in [2.24, 2.45) is 0 Å². The van der Waals surface area contributed by atoms with E-state index in [0.717, 1.165) is 21.9 Å². The molecule has 0 radical (unpaired) electrons. The lowest BCUT2D eigenvalue weighted by Gasteiger charge is -2.17. The summed E-state index contributed by atoms with van der Waals surface area (Å²) in [5.74, 6) is -1.67. The van der Waals surface area contributed by atoms with Crippen molar-refractivity contribution >= 4 is 23.5 Å². The number of pyridine rings is 1. The molecule has 4 rings (SSSR count). The first-order chi connectivity index (χ1) is 15.9. The third-order valence-electron chi connectivity index (χ3n) is 5.04. The Bertz CT molecular complexity index is 1350. The van der Waals surface area contributed by atoms with Crippen LogP contribution in [0.25, 0.3) is 16.8 Å². The number of nitrogens with one attached hydrogen (secondary N) is 2. The van der Waals surface area contributed by atoms with Crippen molar-refractivity contribution in [1.82, 2.24) is 20.1 Å². The summed E-state index contributed by atoms with van der Waals surface area (Å²) < 4.78 is 1.16. The number of carbonyl (C=O) groups excluding carboxylic acids is 1. The van der Waals surface area contributed by atoms with Gasteiger partial charge in [0.15, 0.2) is 0 Å². The second-order valence-electron chi connectivity index (χ2n) is 7.29. The van der Waals surface area contributed by atoms with Crippen LogP contribution in [0, 0.1) is 0 Å². The summed E-state index contributed by atoms with van der Waals surface area (Å²) >= 11 is 5.88. The van der Waals surface area contributed by atoms with E-state index in [1.54, 1.807) is 18.2 Å². The molecule has 9 heteroatoms. The maximum atomic E-state index is 12.8. The number of aromatic nitrogens is 3. The summed E-state index contributed by atoms with van der Waals surface area (Å²) in [6.45, 7) is 0. The van der Waals surface area contributed by atoms with Gasteiger partial charge in [-0.15, -0.1) is 0 Å². The fraction of sp³-hybridized carbons (Fsp3) is 0.0833. The number of aromatic amines is 1. The smallest absolute Gasteiger partial charge is 0.305 e. The summed E-state index contributed by atoms with van der Waals surface area (Å²) in [6, 6.07) is 20.4. The summed E-state index contributed by atoms with van der Waals surface area (Å²) in [5.41, 5.74) is 2.56. The van der Waals surface area contributed by atoms with Crippen molar-refractivity contribution in [3.8, 4) is 16.8 Å². The number of rotatable bonds is 7. The number of amides is 1. The van der Waals surface area contributed by atoms with E-state index in [9.17, 15) is 19.5 Å². The molecule has 0 saturated heterocycles. The molecule has 33 heavy (non-hydrogen) atoms. The second kappa shape index (κ2) is 9.54. The highest BCUT2D eigenvalue weighted by Crippen LogP contribution is 2.23. The van der Waals surface area contributed by atoms with Crippen LogP contribution in [0.3, 0.4) is 0 Å². The van der Waals surface area contributed by atoms with Crippen LogP contribution in [-0.4, -0.2) is 31.7 Å². The van der Waals surface area contributed by atoms with Gasteiger partial charge < -0.3 is 10.4 Å². The van der Waals surface area contributed by atoms with Gasteiger partial charge in [-0.1, -0.05) is 66.2 Å². The predicted octanol–water partition coefficient (Wildman–Crippen LogP) is 3.83. The van der Waals surface area contributed by atoms with E-state index >= 15 is 0 Å². The second-order valence-corrected chi connectivity index (χ2v) is 7.68. The molecule has 0 aliphatic rings. The van der Waals surface area contributed by atoms with Crippen LogP contribution in [0.15, 0.2) is 83.8 Å². The molecule has 3 N–H and O–H groups in total. The number of hydrogen-bond acceptors (Lipinski definition) is 4. The van der Waals surface area contributed by atoms with Gasteiger partial charge in [-0.3, -0.25) is 19.5 Å². The van der Waals surface area contributed by atoms with Crippen LogP contribution >= 0.6 is 11.6 Å². The molecule has 0 bridgehead atoms. The van der Waals surface area contributed by atoms with Gasteiger partial charge in [0.05, 0.1) is 18.2 Å². The molecule has 1 unspecified atom stereocenters. The number of halogens is 1. The molecule has 0 aliphatic heterocycles. The Morgan fingerprint density at radius 1 is 1.03 bits per heavy atom. The van der Waals surface area contributed by atoms with Crippen molar-refractivity contribution in [2.45, 2.75) is 12.5 Å². The minimum atomic E-state index is -1.06. The van der Waals surface area contributed by atoms with E-state index < -0.39 is 23.5 Å². The number of nitrogens with zero attached hydrogens (tertiary/aromatic N) is 2. The quantitative estimate of drug-likeness (QED) is 0.361. The maximum absolute atomic E-state index is 12.8. The van der Waals surface area contributed by atoms with Crippen molar-refractivity contribution in [3.05, 3.63) is 106 Å². The van der Waals surface area contributed by atoms with Crippen molar-refractivity contribution in [3.63, 3.8) is 0 Å². The fourth-order valence-electron chi connectivity index (χ4n) is 3.44. The molecular weight excluding hydrogens is 444 g/mol. The maximum Gasteiger partial charge on any atom is 0.305 e. The molecule has 0 spiro atoms. The predicted molar refractivity (Wildman–Crippen MR) is 124 cm³/mol. The molecular formula is C24H19ClN4O4. The Balaban J connectivity index is 1.57. The summed E-state index contributed by atoms with van der Waals surface area (Å²) in [4.78, 5) is 40.5. The largest absolute Gasteiger partial charge is 0.481 e. The number of carboxylic acid groups (broad SMARTS) is 1. The molecule has 0 saturated carbocycles. The van der Waals surface area contributed by atoms with Gasteiger partial charge in [0, 0.05) is 18.3 Å². The zero-order chi connectivity index (χ0) is 23.4. The standard InChI is InChI=1S/C24H19ClN4O4/c25-21-12-18(10-11-26-21)29-22(30)13-20(28-29)24(33)27-19(14-23(31)32)17-8-6-16(7-9-17)15-4-2-1-3-5-15/h1-13,19,28H,14H2,(H,27,33)(H,31,32). The topological polar surface area (TPSA) is 117 Å². The van der Waals surface area contributed by atoms with Crippen LogP contribution in [0.1, 0.15) is 28.5 Å². The van der Waals surface area contributed by atoms with E-state index in [1.165, 1.54) is 12.3 Å². The minimum absolute atomic E-state index is 0.00997. The third-order valence-corrected chi connectivity index (χ3v) is 5.24. The number of aliphatic carboxylic acids is 1. The van der Waals surface area contributed by atoms with Gasteiger partial charge in [0.25, 0.3) is 11.5 Å². The molecule has 1 amide bonds. The number of carbonyl (C=O) groups is 2. The first-order valence-corrected chi connectivity index (χ1v) is 10.4. The molecule has 4 aromatic rings. The SMILES string of the molecule is O=C(O)CC(NC(=O)c1cc(=O)n(-c2ccnc(Cl)c2)[nH]1)c1ccc(-c2ccccc2)cc1. The van der Waals surface area contributed by atoms with Gasteiger partial charge in [-0.05, 0) is 22.8 Å². The summed E-state index contributed by atoms with van der Waals surface area (Å²) in [6.07, 6.45) is 1.12. The zero-order valence-electron chi connectivity index (χ0n) is 17.2. The van der Waals surface area contributed by atoms with Crippen molar-refractivity contribution in [2.75, 3.05) is 0 Å². The molecule has 8 nitrogen and oxygen atoms in total. The zero-order valence-corrected chi connectivity index (χ0v) is 18.0. The highest BCUT2D eigenvalue weighted by Gasteiger charge is 2.21. The molecule has 0 aliphatic carbocycles. The van der Waals surface area contributed by atoms with Gasteiger partial charge in [-0.25, -0.2) is 9.67 Å². The first-order valence-electron chi connectivity index (χ1n) is 10.0. The molecule has 2 heterocycles. The Morgan fingerprint density at radius 3 is 2.39 bits per heavy atom. The molecule has 0 fully saturated rings. The van der Waals surface area contributed by atoms with E-state index in [1.807, 2.05) is 42.5 Å². The van der Waals surface area contributed by atoms with Crippen LogP contribution in [-0.2, 0) is 4.79 Å². The van der Waals surface area contributed by atoms with Crippen LogP contribution in [0.2, 0.25) is 5.15 Å². The molecule has 1 atom stereocenters. The summed E-state index contributed by atoms with van der Waals surface area (Å²) in [5, 5.41) is 15.0. The first kappa shape index (κ1) is 22.0. The lowest BCUT2D eigenvalue weighted by atomic mass is 9.99. The average molecular weight is 463 g/mol. The molecule has 2 aromatic heterocycles. The number of carboxylic acids is 1. The molecule has 166 valence electrons. The van der Waals surface area contributed by atoms with Crippen LogP contribution in [0.5, 0.6) is 0 Å². The highest BCUT2D eigenvalue weighted by atomic mass is 35.5. The Morgan fingerprint density at radius 2 is 1.73 bits per heavy atom. The third kappa shape index (κ3) is 5.19. The number of benzene rings is 2. The average Bonchev–Trinajstić information content (AvgIpc) is 3.21. The lowest BCUT2D eigenvalue weighted by molar-refractivity contribution is -0.137.